The van der Waals surface area contributed by atoms with Crippen LogP contribution in [0.2, 0.25) is 5.02 Å². The quantitative estimate of drug-likeness (QED) is 0.887. The van der Waals surface area contributed by atoms with Crippen LogP contribution in [0.1, 0.15) is 29.4 Å². The van der Waals surface area contributed by atoms with E-state index in [1.54, 1.807) is 0 Å². The van der Waals surface area contributed by atoms with E-state index in [2.05, 4.69) is 24.3 Å². The van der Waals surface area contributed by atoms with Crippen molar-refractivity contribution in [3.63, 3.8) is 0 Å². The molecule has 1 aliphatic carbocycles. The normalized spacial score (nSPS) is 23.6. The Hall–Kier alpha value is -1.35. The average Bonchev–Trinajstić information content (AvgIpc) is 3.29. The van der Waals surface area contributed by atoms with Gasteiger partial charge in [0.2, 0.25) is 0 Å². The van der Waals surface area contributed by atoms with E-state index in [-0.39, 0.29) is 5.92 Å². The molecular weight excluding hydrogens is 282 g/mol. The summed E-state index contributed by atoms with van der Waals surface area (Å²) < 4.78 is 0. The second-order valence-corrected chi connectivity index (χ2v) is 6.24. The summed E-state index contributed by atoms with van der Waals surface area (Å²) >= 11 is 6.05. The zero-order chi connectivity index (χ0) is 14.8. The first-order valence-electron chi connectivity index (χ1n) is 7.39. The molecule has 0 amide bonds. The van der Waals surface area contributed by atoms with E-state index in [9.17, 15) is 5.11 Å². The van der Waals surface area contributed by atoms with Gasteiger partial charge in [0.05, 0.1) is 6.10 Å². The Labute approximate surface area is 130 Å². The van der Waals surface area contributed by atoms with Crippen LogP contribution >= 0.6 is 11.6 Å². The van der Waals surface area contributed by atoms with Crippen LogP contribution in [0.25, 0.3) is 0 Å². The lowest BCUT2D eigenvalue weighted by Crippen LogP contribution is -2.28. The second kappa shape index (κ2) is 6.18. The fourth-order valence-electron chi connectivity index (χ4n) is 3.18. The Morgan fingerprint density at radius 2 is 1.90 bits per heavy atom. The Kier molecular flexibility index (Phi) is 4.29. The average molecular weight is 302 g/mol. The minimum Gasteiger partial charge on any atom is -0.392 e. The topological polar surface area (TPSA) is 46.2 Å². The molecule has 0 aliphatic heterocycles. The van der Waals surface area contributed by atoms with Crippen molar-refractivity contribution in [2.24, 2.45) is 11.7 Å². The molecule has 2 nitrogen and oxygen atoms in total. The van der Waals surface area contributed by atoms with Crippen LogP contribution in [0, 0.1) is 5.92 Å². The van der Waals surface area contributed by atoms with Crippen molar-refractivity contribution in [2.45, 2.75) is 24.4 Å². The molecule has 0 radical (unpaired) electrons. The van der Waals surface area contributed by atoms with Crippen molar-refractivity contribution in [1.82, 2.24) is 0 Å². The molecule has 110 valence electrons. The molecule has 0 heterocycles. The maximum atomic E-state index is 10.7. The highest BCUT2D eigenvalue weighted by Gasteiger charge is 2.45. The predicted octanol–water partition coefficient (Wildman–Crippen LogP) is 3.55. The monoisotopic (exact) mass is 301 g/mol. The molecule has 0 spiro atoms. The fourth-order valence-corrected chi connectivity index (χ4v) is 3.38. The fraction of sp³-hybridized carbons (Fsp3) is 0.333. The van der Waals surface area contributed by atoms with Crippen LogP contribution in [0.5, 0.6) is 0 Å². The summed E-state index contributed by atoms with van der Waals surface area (Å²) in [6.07, 6.45) is 0.612. The third-order valence-electron chi connectivity index (χ3n) is 4.45. The minimum atomic E-state index is -0.418. The van der Waals surface area contributed by atoms with Crippen molar-refractivity contribution in [2.75, 3.05) is 6.54 Å². The first-order chi connectivity index (χ1) is 10.2. The standard InChI is InChI=1S/C18H20ClNO/c19-14-8-4-7-13(9-14)17(11-20)18(21)16-10-15(16)12-5-2-1-3-6-12/h1-9,15-18,21H,10-11,20H2. The first kappa shape index (κ1) is 14.6. The number of nitrogens with two attached hydrogens (primary N) is 1. The largest absolute Gasteiger partial charge is 0.392 e. The van der Waals surface area contributed by atoms with Crippen molar-refractivity contribution in [3.8, 4) is 0 Å². The minimum absolute atomic E-state index is 0.0533. The molecule has 3 rings (SSSR count). The zero-order valence-electron chi connectivity index (χ0n) is 11.8. The van der Waals surface area contributed by atoms with Gasteiger partial charge in [-0.15, -0.1) is 0 Å². The number of halogens is 1. The molecule has 3 heteroatoms. The van der Waals surface area contributed by atoms with Crippen LogP contribution in [0.4, 0.5) is 0 Å². The Morgan fingerprint density at radius 3 is 2.57 bits per heavy atom. The second-order valence-electron chi connectivity index (χ2n) is 5.80. The van der Waals surface area contributed by atoms with Crippen LogP contribution < -0.4 is 5.73 Å². The number of benzene rings is 2. The number of aliphatic hydroxyl groups is 1. The molecule has 21 heavy (non-hydrogen) atoms. The van der Waals surface area contributed by atoms with Gasteiger partial charge in [0.15, 0.2) is 0 Å². The van der Waals surface area contributed by atoms with Gasteiger partial charge in [-0.1, -0.05) is 54.1 Å². The van der Waals surface area contributed by atoms with Gasteiger partial charge >= 0.3 is 0 Å². The third kappa shape index (κ3) is 3.13. The Bertz CT molecular complexity index is 601. The highest BCUT2D eigenvalue weighted by Crippen LogP contribution is 2.52. The van der Waals surface area contributed by atoms with Gasteiger partial charge in [0.25, 0.3) is 0 Å². The van der Waals surface area contributed by atoms with Gasteiger partial charge in [-0.25, -0.2) is 0 Å². The molecule has 4 atom stereocenters. The zero-order valence-corrected chi connectivity index (χ0v) is 12.6. The molecule has 2 aromatic rings. The maximum absolute atomic E-state index is 10.7. The number of hydrogen-bond donors (Lipinski definition) is 2. The Balaban J connectivity index is 1.74. The summed E-state index contributed by atoms with van der Waals surface area (Å²) in [6.45, 7) is 0.430. The summed E-state index contributed by atoms with van der Waals surface area (Å²) in [7, 11) is 0. The van der Waals surface area contributed by atoms with Gasteiger partial charge in [0.1, 0.15) is 0 Å². The molecule has 0 aromatic heterocycles. The predicted molar refractivity (Wildman–Crippen MR) is 86.5 cm³/mol. The SMILES string of the molecule is NCC(c1cccc(Cl)c1)C(O)C1CC1c1ccccc1. The molecule has 2 aromatic carbocycles. The summed E-state index contributed by atoms with van der Waals surface area (Å²) in [5.41, 5.74) is 8.24. The summed E-state index contributed by atoms with van der Waals surface area (Å²) in [5, 5.41) is 11.4. The highest BCUT2D eigenvalue weighted by atomic mass is 35.5. The van der Waals surface area contributed by atoms with Gasteiger partial charge < -0.3 is 10.8 Å². The lowest BCUT2D eigenvalue weighted by atomic mass is 9.89. The van der Waals surface area contributed by atoms with E-state index >= 15 is 0 Å². The van der Waals surface area contributed by atoms with E-state index in [4.69, 9.17) is 17.3 Å². The van der Waals surface area contributed by atoms with Gasteiger partial charge in [-0.05, 0) is 41.5 Å². The lowest BCUT2D eigenvalue weighted by Gasteiger charge is -2.22. The number of aliphatic hydroxyl groups excluding tert-OH is 1. The summed E-state index contributed by atoms with van der Waals surface area (Å²) in [4.78, 5) is 0. The molecule has 1 aliphatic rings. The lowest BCUT2D eigenvalue weighted by molar-refractivity contribution is 0.120. The van der Waals surface area contributed by atoms with E-state index < -0.39 is 6.10 Å². The summed E-state index contributed by atoms with van der Waals surface area (Å²) in [6, 6.07) is 18.0. The third-order valence-corrected chi connectivity index (χ3v) is 4.68. The van der Waals surface area contributed by atoms with Crippen LogP contribution in [0.15, 0.2) is 54.6 Å². The number of hydrogen-bond acceptors (Lipinski definition) is 2. The van der Waals surface area contributed by atoms with Crippen molar-refractivity contribution in [1.29, 1.82) is 0 Å². The molecule has 1 saturated carbocycles. The maximum Gasteiger partial charge on any atom is 0.0655 e. The van der Waals surface area contributed by atoms with Gasteiger partial charge in [-0.3, -0.25) is 0 Å². The van der Waals surface area contributed by atoms with Crippen LogP contribution in [0.3, 0.4) is 0 Å². The van der Waals surface area contributed by atoms with Crippen molar-refractivity contribution >= 4 is 11.6 Å². The van der Waals surface area contributed by atoms with E-state index in [1.807, 2.05) is 30.3 Å². The van der Waals surface area contributed by atoms with Gasteiger partial charge in [0, 0.05) is 17.5 Å². The molecule has 0 bridgehead atoms. The van der Waals surface area contributed by atoms with Crippen LogP contribution in [-0.4, -0.2) is 17.8 Å². The summed E-state index contributed by atoms with van der Waals surface area (Å²) in [5.74, 6) is 0.691. The van der Waals surface area contributed by atoms with E-state index in [0.29, 0.717) is 23.4 Å². The number of rotatable bonds is 5. The molecule has 1 fully saturated rings. The van der Waals surface area contributed by atoms with E-state index in [0.717, 1.165) is 12.0 Å². The molecule has 3 N–H and O–H groups in total. The van der Waals surface area contributed by atoms with Crippen molar-refractivity contribution in [3.05, 3.63) is 70.7 Å². The molecule has 4 unspecified atom stereocenters. The Morgan fingerprint density at radius 1 is 1.14 bits per heavy atom. The molecule has 0 saturated heterocycles. The van der Waals surface area contributed by atoms with E-state index in [1.165, 1.54) is 5.56 Å². The van der Waals surface area contributed by atoms with Crippen molar-refractivity contribution < 1.29 is 5.11 Å². The van der Waals surface area contributed by atoms with Gasteiger partial charge in [-0.2, -0.15) is 0 Å². The first-order valence-corrected chi connectivity index (χ1v) is 7.77. The highest BCUT2D eigenvalue weighted by molar-refractivity contribution is 6.30. The smallest absolute Gasteiger partial charge is 0.0655 e. The van der Waals surface area contributed by atoms with Crippen LogP contribution in [-0.2, 0) is 0 Å². The molecular formula is C18H20ClNO.